The van der Waals surface area contributed by atoms with Crippen molar-refractivity contribution in [2.45, 2.75) is 38.9 Å². The zero-order valence-corrected chi connectivity index (χ0v) is 27.0. The van der Waals surface area contributed by atoms with Gasteiger partial charge >= 0.3 is 18.2 Å². The van der Waals surface area contributed by atoms with E-state index in [9.17, 15) is 13.2 Å². The molecule has 0 spiro atoms. The molecule has 0 saturated carbocycles. The summed E-state index contributed by atoms with van der Waals surface area (Å²) < 4.78 is 43.9. The van der Waals surface area contributed by atoms with E-state index < -0.39 is 12.1 Å². The first-order chi connectivity index (χ1) is 23.4. The number of anilines is 2. The van der Waals surface area contributed by atoms with E-state index in [0.717, 1.165) is 52.3 Å². The maximum Gasteiger partial charge on any atom is 0.490 e. The Morgan fingerprint density at radius 3 is 2.20 bits per heavy atom. The first-order valence-electron chi connectivity index (χ1n) is 15.3. The number of hydrogen-bond donors (Lipinski definition) is 4. The topological polar surface area (TPSA) is 138 Å². The van der Waals surface area contributed by atoms with E-state index in [4.69, 9.17) is 19.1 Å². The maximum atomic E-state index is 10.6. The number of benzene rings is 4. The van der Waals surface area contributed by atoms with Crippen molar-refractivity contribution in [1.29, 1.82) is 0 Å². The van der Waals surface area contributed by atoms with Gasteiger partial charge in [-0.25, -0.2) is 9.78 Å². The van der Waals surface area contributed by atoms with Gasteiger partial charge in [0.15, 0.2) is 0 Å². The average molecular weight is 673 g/mol. The molecule has 2 aromatic heterocycles. The summed E-state index contributed by atoms with van der Waals surface area (Å²) in [7, 11) is 0. The Kier molecular flexibility index (Phi) is 10.6. The molecule has 0 aliphatic carbocycles. The minimum Gasteiger partial charge on any atom is -0.492 e. The molecular formula is C36H35F3N6O4. The van der Waals surface area contributed by atoms with Gasteiger partial charge in [0, 0.05) is 47.4 Å². The number of fused-ring (bicyclic) bond motifs is 1. The molecule has 0 aliphatic heterocycles. The van der Waals surface area contributed by atoms with Gasteiger partial charge in [0.2, 0.25) is 5.89 Å². The maximum absolute atomic E-state index is 10.6. The summed E-state index contributed by atoms with van der Waals surface area (Å²) in [6, 6.07) is 29.0. The molecule has 2 heterocycles. The summed E-state index contributed by atoms with van der Waals surface area (Å²) in [5, 5.41) is 24.3. The molecular weight excluding hydrogens is 637 g/mol. The number of carboxylic acid groups (broad SMARTS) is 1. The molecule has 49 heavy (non-hydrogen) atoms. The molecule has 4 aromatic carbocycles. The predicted molar refractivity (Wildman–Crippen MR) is 181 cm³/mol. The zero-order valence-electron chi connectivity index (χ0n) is 27.0. The van der Waals surface area contributed by atoms with Gasteiger partial charge in [0.25, 0.3) is 0 Å². The lowest BCUT2D eigenvalue weighted by molar-refractivity contribution is -0.192. The molecule has 6 aromatic rings. The number of aliphatic carboxylic acids is 1. The minimum absolute atomic E-state index is 0.163. The number of carbonyl (C=O) groups is 1. The second-order valence-electron chi connectivity index (χ2n) is 12.0. The highest BCUT2D eigenvalue weighted by Crippen LogP contribution is 2.34. The molecule has 0 amide bonds. The molecule has 0 fully saturated rings. The largest absolute Gasteiger partial charge is 0.492 e. The second-order valence-corrected chi connectivity index (χ2v) is 12.0. The van der Waals surface area contributed by atoms with Gasteiger partial charge in [-0.1, -0.05) is 86.5 Å². The van der Waals surface area contributed by atoms with Crippen LogP contribution in [0.15, 0.2) is 102 Å². The number of H-pyrrole nitrogens is 1. The highest BCUT2D eigenvalue weighted by molar-refractivity contribution is 5.98. The van der Waals surface area contributed by atoms with Crippen LogP contribution in [0.4, 0.5) is 24.9 Å². The lowest BCUT2D eigenvalue weighted by atomic mass is 9.87. The van der Waals surface area contributed by atoms with Crippen LogP contribution >= 0.6 is 0 Å². The van der Waals surface area contributed by atoms with Crippen molar-refractivity contribution in [2.75, 3.05) is 18.5 Å². The lowest BCUT2D eigenvalue weighted by Gasteiger charge is -2.19. The molecule has 0 unspecified atom stereocenters. The third-order valence-corrected chi connectivity index (χ3v) is 7.38. The summed E-state index contributed by atoms with van der Waals surface area (Å²) in [6.07, 6.45) is -1.55. The van der Waals surface area contributed by atoms with Crippen LogP contribution in [0.5, 0.6) is 5.75 Å². The van der Waals surface area contributed by atoms with E-state index in [0.29, 0.717) is 18.5 Å². The van der Waals surface area contributed by atoms with E-state index in [2.05, 4.69) is 88.0 Å². The van der Waals surface area contributed by atoms with Crippen LogP contribution in [-0.2, 0) is 16.8 Å². The van der Waals surface area contributed by atoms with E-state index in [1.54, 1.807) is 12.4 Å². The van der Waals surface area contributed by atoms with Crippen molar-refractivity contribution in [3.05, 3.63) is 108 Å². The van der Waals surface area contributed by atoms with Gasteiger partial charge < -0.3 is 29.9 Å². The van der Waals surface area contributed by atoms with Crippen LogP contribution in [0.25, 0.3) is 33.6 Å². The summed E-state index contributed by atoms with van der Waals surface area (Å²) in [5.74, 6) is -0.680. The number of aromatic amines is 1. The number of carboxylic acids is 1. The van der Waals surface area contributed by atoms with Crippen molar-refractivity contribution in [2.24, 2.45) is 0 Å². The Morgan fingerprint density at radius 2 is 1.57 bits per heavy atom. The third kappa shape index (κ3) is 9.23. The van der Waals surface area contributed by atoms with Crippen LogP contribution in [-0.4, -0.2) is 50.6 Å². The van der Waals surface area contributed by atoms with Crippen LogP contribution in [0.3, 0.4) is 0 Å². The van der Waals surface area contributed by atoms with Crippen LogP contribution < -0.4 is 15.4 Å². The summed E-state index contributed by atoms with van der Waals surface area (Å²) in [6.45, 7) is 8.80. The molecule has 10 nitrogen and oxygen atoms in total. The molecule has 0 aliphatic rings. The molecule has 4 N–H and O–H groups in total. The number of rotatable bonds is 10. The zero-order chi connectivity index (χ0) is 35.0. The van der Waals surface area contributed by atoms with Gasteiger partial charge in [-0.15, -0.1) is 5.10 Å². The monoisotopic (exact) mass is 672 g/mol. The van der Waals surface area contributed by atoms with Crippen LogP contribution in [0.2, 0.25) is 0 Å². The normalized spacial score (nSPS) is 11.6. The molecule has 254 valence electrons. The molecule has 0 atom stereocenters. The standard InChI is InChI=1S/C34H34N6O2.C2HF3O2/c1-34(2,3)26-14-8-23(9-15-26)22-35-20-21-41-30-17-16-29(27-6-4-5-7-28(27)30)38-33-40-39-32(42-33)25-12-10-24(11-13-25)31-36-18-19-37-31;3-2(4,5)1(6)7/h4-19,35H,20-22H2,1-3H3,(H,36,37)(H,38,40);(H,6,7). The minimum atomic E-state index is -5.08. The highest BCUT2D eigenvalue weighted by Gasteiger charge is 2.38. The van der Waals surface area contributed by atoms with Gasteiger partial charge in [0.1, 0.15) is 18.2 Å². The summed E-state index contributed by atoms with van der Waals surface area (Å²) in [5.41, 5.74) is 5.44. The number of nitrogens with one attached hydrogen (secondary N) is 3. The van der Waals surface area contributed by atoms with Gasteiger partial charge in [0.05, 0.1) is 5.69 Å². The average Bonchev–Trinajstić information content (AvgIpc) is 3.79. The molecule has 6 rings (SSSR count). The summed E-state index contributed by atoms with van der Waals surface area (Å²) in [4.78, 5) is 16.3. The Morgan fingerprint density at radius 1 is 0.898 bits per heavy atom. The lowest BCUT2D eigenvalue weighted by Crippen LogP contribution is -2.21. The van der Waals surface area contributed by atoms with Crippen molar-refractivity contribution in [1.82, 2.24) is 25.5 Å². The molecule has 0 radical (unpaired) electrons. The summed E-state index contributed by atoms with van der Waals surface area (Å²) >= 11 is 0. The fraction of sp³-hybridized carbons (Fsp3) is 0.222. The number of aromatic nitrogens is 4. The van der Waals surface area contributed by atoms with Crippen molar-refractivity contribution in [3.63, 3.8) is 0 Å². The van der Waals surface area contributed by atoms with Crippen molar-refractivity contribution < 1.29 is 32.2 Å². The fourth-order valence-electron chi connectivity index (χ4n) is 4.79. The predicted octanol–water partition coefficient (Wildman–Crippen LogP) is 8.12. The Hall–Kier alpha value is -5.69. The Labute approximate surface area is 280 Å². The van der Waals surface area contributed by atoms with Crippen molar-refractivity contribution >= 4 is 28.4 Å². The fourth-order valence-corrected chi connectivity index (χ4v) is 4.79. The number of nitrogens with zero attached hydrogens (tertiary/aromatic N) is 3. The molecule has 0 saturated heterocycles. The second kappa shape index (κ2) is 15.0. The third-order valence-electron chi connectivity index (χ3n) is 7.38. The van der Waals surface area contributed by atoms with Crippen molar-refractivity contribution in [3.8, 4) is 28.6 Å². The Balaban J connectivity index is 0.000000606. The molecule has 0 bridgehead atoms. The van der Waals surface area contributed by atoms with Crippen LogP contribution in [0, 0.1) is 0 Å². The SMILES string of the molecule is CC(C)(C)c1ccc(CNCCOc2ccc(Nc3nnc(-c4ccc(-c5ncc[nH]5)cc4)o3)c3ccccc23)cc1.O=C(O)C(F)(F)F. The number of imidazole rings is 1. The first-order valence-corrected chi connectivity index (χ1v) is 15.3. The van der Waals surface area contributed by atoms with E-state index >= 15 is 0 Å². The number of ether oxygens (including phenoxy) is 1. The Bertz CT molecular complexity index is 1970. The highest BCUT2D eigenvalue weighted by atomic mass is 19.4. The van der Waals surface area contributed by atoms with E-state index in [-0.39, 0.29) is 5.41 Å². The van der Waals surface area contributed by atoms with E-state index in [1.807, 2.05) is 48.5 Å². The number of hydrogen-bond acceptors (Lipinski definition) is 8. The quantitative estimate of drug-likeness (QED) is 0.106. The smallest absolute Gasteiger partial charge is 0.490 e. The van der Waals surface area contributed by atoms with E-state index in [1.165, 1.54) is 11.1 Å². The number of halogens is 3. The van der Waals surface area contributed by atoms with Crippen LogP contribution in [0.1, 0.15) is 31.9 Å². The first kappa shape index (κ1) is 34.6. The van der Waals surface area contributed by atoms with Gasteiger partial charge in [-0.2, -0.15) is 13.2 Å². The number of alkyl halides is 3. The molecule has 13 heteroatoms. The van der Waals surface area contributed by atoms with Gasteiger partial charge in [-0.3, -0.25) is 0 Å². The van der Waals surface area contributed by atoms with Gasteiger partial charge in [-0.05, 0) is 40.8 Å².